The van der Waals surface area contributed by atoms with Crippen LogP contribution in [0.1, 0.15) is 18.9 Å². The minimum atomic E-state index is -0.101. The molecule has 1 saturated heterocycles. The standard InChI is InChI=1S/C16H24N2O3/c1-2-8-17-15-11-21-10-14(15)16(20)18-9-7-12-3-5-13(19)6-4-12/h3-6,14-15,17,19H,2,7-11H2,1H3,(H,18,20). The predicted molar refractivity (Wildman–Crippen MR) is 81.2 cm³/mol. The number of nitrogens with one attached hydrogen (secondary N) is 2. The van der Waals surface area contributed by atoms with Gasteiger partial charge in [0.25, 0.3) is 0 Å². The Kier molecular flexibility index (Phi) is 6.02. The minimum Gasteiger partial charge on any atom is -0.508 e. The molecule has 3 N–H and O–H groups in total. The van der Waals surface area contributed by atoms with Crippen LogP contribution in [0.15, 0.2) is 24.3 Å². The molecule has 5 nitrogen and oxygen atoms in total. The first-order valence-corrected chi connectivity index (χ1v) is 7.57. The van der Waals surface area contributed by atoms with E-state index in [0.29, 0.717) is 19.8 Å². The van der Waals surface area contributed by atoms with Gasteiger partial charge in [-0.15, -0.1) is 0 Å². The van der Waals surface area contributed by atoms with Crippen LogP contribution >= 0.6 is 0 Å². The van der Waals surface area contributed by atoms with Gasteiger partial charge >= 0.3 is 0 Å². The van der Waals surface area contributed by atoms with Gasteiger partial charge in [-0.25, -0.2) is 0 Å². The average Bonchev–Trinajstić information content (AvgIpc) is 2.95. The Bertz CT molecular complexity index is 447. The molecule has 1 heterocycles. The van der Waals surface area contributed by atoms with Crippen molar-refractivity contribution in [1.29, 1.82) is 0 Å². The summed E-state index contributed by atoms with van der Waals surface area (Å²) in [7, 11) is 0. The van der Waals surface area contributed by atoms with Crippen LogP contribution in [0.3, 0.4) is 0 Å². The summed E-state index contributed by atoms with van der Waals surface area (Å²) in [5.41, 5.74) is 1.09. The SMILES string of the molecule is CCCNC1COCC1C(=O)NCCc1ccc(O)cc1. The van der Waals surface area contributed by atoms with Crippen molar-refractivity contribution in [3.8, 4) is 5.75 Å². The van der Waals surface area contributed by atoms with Gasteiger partial charge in [-0.2, -0.15) is 0 Å². The summed E-state index contributed by atoms with van der Waals surface area (Å²) in [6, 6.07) is 7.18. The molecule has 5 heteroatoms. The summed E-state index contributed by atoms with van der Waals surface area (Å²) in [5, 5.41) is 15.6. The topological polar surface area (TPSA) is 70.6 Å². The quantitative estimate of drug-likeness (QED) is 0.703. The Morgan fingerprint density at radius 3 is 2.76 bits per heavy atom. The van der Waals surface area contributed by atoms with E-state index >= 15 is 0 Å². The lowest BCUT2D eigenvalue weighted by molar-refractivity contribution is -0.125. The second kappa shape index (κ2) is 8.00. The second-order valence-corrected chi connectivity index (χ2v) is 5.41. The van der Waals surface area contributed by atoms with E-state index in [0.717, 1.165) is 24.9 Å². The van der Waals surface area contributed by atoms with Gasteiger partial charge in [0.2, 0.25) is 5.91 Å². The summed E-state index contributed by atoms with van der Waals surface area (Å²) in [4.78, 5) is 12.2. The van der Waals surface area contributed by atoms with Crippen molar-refractivity contribution in [2.45, 2.75) is 25.8 Å². The first kappa shape index (κ1) is 15.8. The molecule has 0 bridgehead atoms. The van der Waals surface area contributed by atoms with Crippen LogP contribution in [-0.2, 0) is 16.0 Å². The molecule has 1 aromatic rings. The molecule has 1 fully saturated rings. The fourth-order valence-corrected chi connectivity index (χ4v) is 2.47. The highest BCUT2D eigenvalue weighted by Crippen LogP contribution is 2.14. The molecule has 1 aliphatic rings. The number of hydrogen-bond donors (Lipinski definition) is 3. The Balaban J connectivity index is 1.74. The summed E-state index contributed by atoms with van der Waals surface area (Å²) < 4.78 is 5.41. The van der Waals surface area contributed by atoms with Crippen molar-refractivity contribution in [3.05, 3.63) is 29.8 Å². The van der Waals surface area contributed by atoms with Gasteiger partial charge in [0.05, 0.1) is 19.1 Å². The molecule has 0 saturated carbocycles. The van der Waals surface area contributed by atoms with Crippen LogP contribution in [-0.4, -0.2) is 43.4 Å². The van der Waals surface area contributed by atoms with Crippen molar-refractivity contribution in [1.82, 2.24) is 10.6 Å². The van der Waals surface area contributed by atoms with Gasteiger partial charge in [0.1, 0.15) is 5.75 Å². The lowest BCUT2D eigenvalue weighted by Crippen LogP contribution is -2.44. The summed E-state index contributed by atoms with van der Waals surface area (Å²) in [6.07, 6.45) is 1.80. The first-order valence-electron chi connectivity index (χ1n) is 7.57. The van der Waals surface area contributed by atoms with Crippen LogP contribution < -0.4 is 10.6 Å². The molecule has 1 aliphatic heterocycles. The summed E-state index contributed by atoms with van der Waals surface area (Å²) >= 11 is 0. The maximum Gasteiger partial charge on any atom is 0.227 e. The monoisotopic (exact) mass is 292 g/mol. The molecule has 21 heavy (non-hydrogen) atoms. The fraction of sp³-hybridized carbons (Fsp3) is 0.562. The lowest BCUT2D eigenvalue weighted by atomic mass is 10.0. The zero-order valence-corrected chi connectivity index (χ0v) is 12.5. The molecule has 0 aliphatic carbocycles. The number of ether oxygens (including phenoxy) is 1. The molecular weight excluding hydrogens is 268 g/mol. The van der Waals surface area contributed by atoms with Gasteiger partial charge in [-0.3, -0.25) is 4.79 Å². The summed E-state index contributed by atoms with van der Waals surface area (Å²) in [6.45, 7) is 4.71. The largest absolute Gasteiger partial charge is 0.508 e. The van der Waals surface area contributed by atoms with Gasteiger partial charge < -0.3 is 20.5 Å². The van der Waals surface area contributed by atoms with Crippen molar-refractivity contribution in [2.75, 3.05) is 26.3 Å². The van der Waals surface area contributed by atoms with Crippen molar-refractivity contribution >= 4 is 5.91 Å². The van der Waals surface area contributed by atoms with Crippen LogP contribution in [0.5, 0.6) is 5.75 Å². The molecule has 0 spiro atoms. The summed E-state index contributed by atoms with van der Waals surface area (Å²) in [5.74, 6) is 0.215. The Morgan fingerprint density at radius 2 is 2.05 bits per heavy atom. The third kappa shape index (κ3) is 4.72. The van der Waals surface area contributed by atoms with Gasteiger partial charge in [0.15, 0.2) is 0 Å². The second-order valence-electron chi connectivity index (χ2n) is 5.41. The molecule has 2 rings (SSSR count). The van der Waals surface area contributed by atoms with Gasteiger partial charge in [-0.1, -0.05) is 19.1 Å². The highest BCUT2D eigenvalue weighted by molar-refractivity contribution is 5.79. The highest BCUT2D eigenvalue weighted by atomic mass is 16.5. The van der Waals surface area contributed by atoms with Crippen LogP contribution in [0.25, 0.3) is 0 Å². The van der Waals surface area contributed by atoms with Crippen LogP contribution in [0.4, 0.5) is 0 Å². The Hall–Kier alpha value is -1.59. The molecule has 2 unspecified atom stereocenters. The van der Waals surface area contributed by atoms with Gasteiger partial charge in [-0.05, 0) is 37.1 Å². The smallest absolute Gasteiger partial charge is 0.227 e. The van der Waals surface area contributed by atoms with Crippen molar-refractivity contribution < 1.29 is 14.6 Å². The molecule has 1 amide bonds. The van der Waals surface area contributed by atoms with Crippen molar-refractivity contribution in [2.24, 2.45) is 5.92 Å². The van der Waals surface area contributed by atoms with E-state index in [9.17, 15) is 9.90 Å². The fourth-order valence-electron chi connectivity index (χ4n) is 2.47. The third-order valence-electron chi connectivity index (χ3n) is 3.72. The maximum atomic E-state index is 12.2. The predicted octanol–water partition coefficient (Wildman–Crippen LogP) is 1.07. The van der Waals surface area contributed by atoms with E-state index in [1.54, 1.807) is 12.1 Å². The lowest BCUT2D eigenvalue weighted by Gasteiger charge is -2.18. The number of amides is 1. The highest BCUT2D eigenvalue weighted by Gasteiger charge is 2.33. The van der Waals surface area contributed by atoms with Crippen LogP contribution in [0.2, 0.25) is 0 Å². The maximum absolute atomic E-state index is 12.2. The Labute approximate surface area is 125 Å². The Morgan fingerprint density at radius 1 is 1.29 bits per heavy atom. The van der Waals surface area contributed by atoms with E-state index in [1.807, 2.05) is 12.1 Å². The van der Waals surface area contributed by atoms with Crippen molar-refractivity contribution in [3.63, 3.8) is 0 Å². The normalized spacial score (nSPS) is 21.4. The van der Waals surface area contributed by atoms with E-state index in [4.69, 9.17) is 4.74 Å². The molecule has 0 radical (unpaired) electrons. The number of carbonyl (C=O) groups is 1. The van der Waals surface area contributed by atoms with Gasteiger partial charge in [0, 0.05) is 12.6 Å². The van der Waals surface area contributed by atoms with E-state index in [1.165, 1.54) is 0 Å². The van der Waals surface area contributed by atoms with E-state index in [-0.39, 0.29) is 23.6 Å². The number of hydrogen-bond acceptors (Lipinski definition) is 4. The van der Waals surface area contributed by atoms with Crippen LogP contribution in [0, 0.1) is 5.92 Å². The molecule has 2 atom stereocenters. The number of benzene rings is 1. The zero-order chi connectivity index (χ0) is 15.1. The minimum absolute atomic E-state index is 0.0554. The number of aromatic hydroxyl groups is 1. The number of carbonyl (C=O) groups excluding carboxylic acids is 1. The molecule has 116 valence electrons. The number of phenolic OH excluding ortho intramolecular Hbond substituents is 1. The molecule has 1 aromatic carbocycles. The number of phenols is 1. The average molecular weight is 292 g/mol. The van der Waals surface area contributed by atoms with E-state index in [2.05, 4.69) is 17.6 Å². The first-order chi connectivity index (χ1) is 10.2. The third-order valence-corrected chi connectivity index (χ3v) is 3.72. The zero-order valence-electron chi connectivity index (χ0n) is 12.5. The van der Waals surface area contributed by atoms with E-state index < -0.39 is 0 Å². The molecule has 0 aromatic heterocycles. The molecular formula is C16H24N2O3. The number of rotatable bonds is 7.